The number of hydrogen-bond donors (Lipinski definition) is 0. The first kappa shape index (κ1) is 17.2. The van der Waals surface area contributed by atoms with Gasteiger partial charge in [0.2, 0.25) is 0 Å². The van der Waals surface area contributed by atoms with Crippen molar-refractivity contribution in [3.8, 4) is 0 Å². The van der Waals surface area contributed by atoms with E-state index >= 15 is 0 Å². The molecule has 1 amide bonds. The van der Waals surface area contributed by atoms with E-state index in [4.69, 9.17) is 0 Å². The molecule has 0 bridgehead atoms. The van der Waals surface area contributed by atoms with E-state index < -0.39 is 9.84 Å². The molecule has 2 heterocycles. The molecule has 2 aliphatic heterocycles. The number of carbonyl (C=O) groups is 1. The predicted octanol–water partition coefficient (Wildman–Crippen LogP) is 2.81. The summed E-state index contributed by atoms with van der Waals surface area (Å²) in [6, 6.07) is 7.63. The third-order valence-corrected chi connectivity index (χ3v) is 9.16. The van der Waals surface area contributed by atoms with E-state index in [1.54, 1.807) is 4.90 Å². The van der Waals surface area contributed by atoms with Crippen LogP contribution in [-0.2, 0) is 9.84 Å². The molecule has 7 heteroatoms. The van der Waals surface area contributed by atoms with Gasteiger partial charge in [0, 0.05) is 29.7 Å². The zero-order valence-corrected chi connectivity index (χ0v) is 15.6. The lowest BCUT2D eigenvalue weighted by atomic mass is 10.1. The van der Waals surface area contributed by atoms with Crippen LogP contribution in [0.5, 0.6) is 0 Å². The molecule has 0 radical (unpaired) electrons. The van der Waals surface area contributed by atoms with E-state index in [0.29, 0.717) is 23.1 Å². The summed E-state index contributed by atoms with van der Waals surface area (Å²) in [6.07, 6.45) is 0.551. The fourth-order valence-electron chi connectivity index (χ4n) is 3.09. The molecule has 3 rings (SSSR count). The summed E-state index contributed by atoms with van der Waals surface area (Å²) >= 11 is 3.88. The Kier molecular flexibility index (Phi) is 5.28. The summed E-state index contributed by atoms with van der Waals surface area (Å²) in [7, 11) is -2.98. The summed E-state index contributed by atoms with van der Waals surface area (Å²) in [5.74, 6) is 2.58. The van der Waals surface area contributed by atoms with Crippen molar-refractivity contribution in [2.24, 2.45) is 0 Å². The van der Waals surface area contributed by atoms with Gasteiger partial charge >= 0.3 is 0 Å². The van der Waals surface area contributed by atoms with Crippen molar-refractivity contribution >= 4 is 39.3 Å². The quantitative estimate of drug-likeness (QED) is 0.815. The van der Waals surface area contributed by atoms with Gasteiger partial charge in [-0.25, -0.2) is 8.42 Å². The average molecular weight is 372 g/mol. The molecule has 0 unspecified atom stereocenters. The van der Waals surface area contributed by atoms with Crippen LogP contribution in [0.4, 0.5) is 0 Å². The van der Waals surface area contributed by atoms with E-state index in [2.05, 4.69) is 0 Å². The largest absolute Gasteiger partial charge is 0.335 e. The smallest absolute Gasteiger partial charge is 0.254 e. The van der Waals surface area contributed by atoms with Crippen LogP contribution in [-0.4, -0.2) is 54.8 Å². The molecule has 4 nitrogen and oxygen atoms in total. The molecule has 1 aromatic rings. The Morgan fingerprint density at radius 3 is 2.39 bits per heavy atom. The molecule has 1 atom stereocenters. The highest BCUT2D eigenvalue weighted by molar-refractivity contribution is 8.19. The maximum absolute atomic E-state index is 12.7. The molecule has 2 fully saturated rings. The average Bonchev–Trinajstić information content (AvgIpc) is 3.18. The number of benzene rings is 1. The maximum Gasteiger partial charge on any atom is 0.254 e. The van der Waals surface area contributed by atoms with Crippen LogP contribution in [0, 0.1) is 0 Å². The van der Waals surface area contributed by atoms with E-state index in [9.17, 15) is 13.2 Å². The van der Waals surface area contributed by atoms with Crippen LogP contribution in [0.3, 0.4) is 0 Å². The first-order valence-electron chi connectivity index (χ1n) is 7.85. The van der Waals surface area contributed by atoms with Crippen molar-refractivity contribution < 1.29 is 13.2 Å². The van der Waals surface area contributed by atoms with Crippen molar-refractivity contribution in [3.05, 3.63) is 35.4 Å². The minimum atomic E-state index is -2.98. The van der Waals surface area contributed by atoms with Gasteiger partial charge in [-0.15, -0.1) is 23.5 Å². The Balaban J connectivity index is 1.73. The number of sulfone groups is 1. The van der Waals surface area contributed by atoms with Gasteiger partial charge in [0.1, 0.15) is 0 Å². The molecule has 0 spiro atoms. The Hall–Kier alpha value is -0.660. The van der Waals surface area contributed by atoms with E-state index in [-0.39, 0.29) is 23.5 Å². The Labute approximate surface area is 146 Å². The normalized spacial score (nSPS) is 24.0. The lowest BCUT2D eigenvalue weighted by molar-refractivity contribution is 0.0708. The van der Waals surface area contributed by atoms with E-state index in [1.165, 1.54) is 17.1 Å². The molecule has 1 aromatic carbocycles. The molecular weight excluding hydrogens is 350 g/mol. The van der Waals surface area contributed by atoms with Gasteiger partial charge in [-0.1, -0.05) is 12.1 Å². The number of carbonyl (C=O) groups excluding carboxylic acids is 1. The minimum absolute atomic E-state index is 0.0621. The van der Waals surface area contributed by atoms with Gasteiger partial charge in [0.05, 0.1) is 16.1 Å². The third kappa shape index (κ3) is 3.88. The van der Waals surface area contributed by atoms with Gasteiger partial charge < -0.3 is 4.90 Å². The van der Waals surface area contributed by atoms with Gasteiger partial charge in [0.25, 0.3) is 5.91 Å². The SMILES string of the molecule is CCN(C(=O)c1ccc(C2SCCS2)cc1)[C@@H]1CCS(=O)(=O)C1. The lowest BCUT2D eigenvalue weighted by Gasteiger charge is -2.27. The number of hydrogen-bond acceptors (Lipinski definition) is 5. The molecular formula is C16H21NO3S3. The molecule has 23 heavy (non-hydrogen) atoms. The summed E-state index contributed by atoms with van der Waals surface area (Å²) in [5, 5.41) is 0. The number of rotatable bonds is 4. The Morgan fingerprint density at radius 2 is 1.87 bits per heavy atom. The summed E-state index contributed by atoms with van der Waals surface area (Å²) in [4.78, 5) is 14.4. The molecule has 0 N–H and O–H groups in total. The number of nitrogens with zero attached hydrogens (tertiary/aromatic N) is 1. The number of thioether (sulfide) groups is 2. The van der Waals surface area contributed by atoms with Crippen molar-refractivity contribution in [2.45, 2.75) is 24.0 Å². The highest BCUT2D eigenvalue weighted by Crippen LogP contribution is 2.45. The summed E-state index contributed by atoms with van der Waals surface area (Å²) in [5.41, 5.74) is 1.90. The monoisotopic (exact) mass is 371 g/mol. The standard InChI is InChI=1S/C16H21NO3S3/c1-2-17(14-7-10-23(19,20)11-14)15(18)12-3-5-13(6-4-12)16-21-8-9-22-16/h3-6,14,16H,2,7-11H2,1H3/t14-/m1/s1. The first-order chi connectivity index (χ1) is 11.0. The first-order valence-corrected chi connectivity index (χ1v) is 11.8. The maximum atomic E-state index is 12.7. The van der Waals surface area contributed by atoms with Gasteiger partial charge in [-0.2, -0.15) is 0 Å². The van der Waals surface area contributed by atoms with E-state index in [1.807, 2.05) is 54.7 Å². The van der Waals surface area contributed by atoms with Crippen LogP contribution in [0.2, 0.25) is 0 Å². The Bertz CT molecular complexity index is 666. The molecule has 0 aromatic heterocycles. The van der Waals surface area contributed by atoms with Gasteiger partial charge in [-0.3, -0.25) is 4.79 Å². The summed E-state index contributed by atoms with van der Waals surface area (Å²) < 4.78 is 23.8. The molecule has 126 valence electrons. The van der Waals surface area contributed by atoms with Crippen LogP contribution in [0.1, 0.15) is 33.8 Å². The Morgan fingerprint density at radius 1 is 1.22 bits per heavy atom. The minimum Gasteiger partial charge on any atom is -0.335 e. The predicted molar refractivity (Wildman–Crippen MR) is 97.9 cm³/mol. The lowest BCUT2D eigenvalue weighted by Crippen LogP contribution is -2.40. The third-order valence-electron chi connectivity index (χ3n) is 4.30. The van der Waals surface area contributed by atoms with E-state index in [0.717, 1.165) is 0 Å². The van der Waals surface area contributed by atoms with Crippen LogP contribution in [0.25, 0.3) is 0 Å². The molecule has 2 saturated heterocycles. The summed E-state index contributed by atoms with van der Waals surface area (Å²) in [6.45, 7) is 2.44. The number of amides is 1. The van der Waals surface area contributed by atoms with Crippen molar-refractivity contribution in [1.82, 2.24) is 4.90 Å². The second-order valence-electron chi connectivity index (χ2n) is 5.84. The topological polar surface area (TPSA) is 54.5 Å². The van der Waals surface area contributed by atoms with Crippen molar-refractivity contribution in [1.29, 1.82) is 0 Å². The fourth-order valence-corrected chi connectivity index (χ4v) is 7.68. The van der Waals surface area contributed by atoms with Gasteiger partial charge in [0.15, 0.2) is 9.84 Å². The second-order valence-corrected chi connectivity index (χ2v) is 10.8. The van der Waals surface area contributed by atoms with Crippen molar-refractivity contribution in [2.75, 3.05) is 29.6 Å². The second kappa shape index (κ2) is 7.07. The van der Waals surface area contributed by atoms with Gasteiger partial charge in [-0.05, 0) is 31.0 Å². The molecule has 0 saturated carbocycles. The molecule has 2 aliphatic rings. The zero-order valence-electron chi connectivity index (χ0n) is 13.1. The van der Waals surface area contributed by atoms with Crippen LogP contribution < -0.4 is 0 Å². The van der Waals surface area contributed by atoms with Crippen LogP contribution in [0.15, 0.2) is 24.3 Å². The van der Waals surface area contributed by atoms with Crippen molar-refractivity contribution in [3.63, 3.8) is 0 Å². The highest BCUT2D eigenvalue weighted by Gasteiger charge is 2.34. The zero-order chi connectivity index (χ0) is 16.4. The van der Waals surface area contributed by atoms with Crippen LogP contribution >= 0.6 is 23.5 Å². The fraction of sp³-hybridized carbons (Fsp3) is 0.562. The highest BCUT2D eigenvalue weighted by atomic mass is 32.2. The molecule has 0 aliphatic carbocycles.